The van der Waals surface area contributed by atoms with Crippen molar-refractivity contribution in [3.05, 3.63) is 11.9 Å². The largest absolute Gasteiger partial charge is 0.498 e. The zero-order valence-corrected chi connectivity index (χ0v) is 15.0. The van der Waals surface area contributed by atoms with E-state index in [0.717, 1.165) is 43.3 Å². The van der Waals surface area contributed by atoms with Crippen molar-refractivity contribution in [2.75, 3.05) is 0 Å². The lowest BCUT2D eigenvalue weighted by Gasteiger charge is -2.32. The molecule has 3 rings (SSSR count). The Kier molecular flexibility index (Phi) is 4.36. The third-order valence-corrected chi connectivity index (χ3v) is 5.72. The van der Waals surface area contributed by atoms with Crippen LogP contribution in [-0.4, -0.2) is 39.3 Å². The van der Waals surface area contributed by atoms with Crippen LogP contribution in [0.25, 0.3) is 0 Å². The summed E-state index contributed by atoms with van der Waals surface area (Å²) in [4.78, 5) is 0. The van der Waals surface area contributed by atoms with Gasteiger partial charge >= 0.3 is 7.12 Å². The summed E-state index contributed by atoms with van der Waals surface area (Å²) in [5.74, 6) is 0. The molecule has 0 bridgehead atoms. The third kappa shape index (κ3) is 3.09. The van der Waals surface area contributed by atoms with Gasteiger partial charge in [-0.15, -0.1) is 0 Å². The molecule has 1 saturated carbocycles. The van der Waals surface area contributed by atoms with Crippen molar-refractivity contribution in [2.24, 2.45) is 0 Å². The van der Waals surface area contributed by atoms with Crippen LogP contribution in [0.1, 0.15) is 72.0 Å². The second-order valence-electron chi connectivity index (χ2n) is 7.92. The number of aliphatic hydroxyl groups excluding tert-OH is 1. The maximum atomic E-state index is 9.70. The first kappa shape index (κ1) is 17.0. The minimum atomic E-state index is -0.349. The van der Waals surface area contributed by atoms with Crippen LogP contribution in [0.5, 0.6) is 0 Å². The molecule has 0 aromatic carbocycles. The molecule has 0 atom stereocenters. The minimum Gasteiger partial charge on any atom is -0.399 e. The highest BCUT2D eigenvalue weighted by atomic mass is 16.7. The van der Waals surface area contributed by atoms with Gasteiger partial charge in [0.15, 0.2) is 0 Å². The lowest BCUT2D eigenvalue weighted by molar-refractivity contribution is 0.00578. The van der Waals surface area contributed by atoms with Gasteiger partial charge in [0.05, 0.1) is 29.0 Å². The number of aliphatic hydroxyl groups is 1. The van der Waals surface area contributed by atoms with E-state index in [-0.39, 0.29) is 24.4 Å². The monoisotopic (exact) mass is 320 g/mol. The van der Waals surface area contributed by atoms with E-state index in [1.54, 1.807) is 0 Å². The van der Waals surface area contributed by atoms with Gasteiger partial charge < -0.3 is 14.4 Å². The zero-order valence-electron chi connectivity index (χ0n) is 15.0. The molecule has 6 heteroatoms. The number of hydrogen-bond donors (Lipinski definition) is 1. The van der Waals surface area contributed by atoms with Gasteiger partial charge in [0.25, 0.3) is 0 Å². The predicted octanol–water partition coefficient (Wildman–Crippen LogP) is 2.22. The Bertz CT molecular complexity index is 546. The highest BCUT2D eigenvalue weighted by Crippen LogP contribution is 2.37. The molecule has 1 aliphatic heterocycles. The van der Waals surface area contributed by atoms with E-state index >= 15 is 0 Å². The second-order valence-corrected chi connectivity index (χ2v) is 7.92. The lowest BCUT2D eigenvalue weighted by Crippen LogP contribution is -2.41. The maximum Gasteiger partial charge on any atom is 0.498 e. The van der Waals surface area contributed by atoms with E-state index in [1.165, 1.54) is 0 Å². The topological polar surface area (TPSA) is 56.5 Å². The zero-order chi connectivity index (χ0) is 16.8. The summed E-state index contributed by atoms with van der Waals surface area (Å²) in [6.45, 7) is 10.4. The third-order valence-electron chi connectivity index (χ3n) is 5.72. The Balaban J connectivity index is 1.83. The van der Waals surface area contributed by atoms with Gasteiger partial charge in [0.2, 0.25) is 0 Å². The van der Waals surface area contributed by atoms with Crippen molar-refractivity contribution in [2.45, 2.75) is 90.1 Å². The first-order valence-corrected chi connectivity index (χ1v) is 8.85. The fraction of sp³-hybridized carbons (Fsp3) is 0.824. The first-order valence-electron chi connectivity index (χ1n) is 8.85. The van der Waals surface area contributed by atoms with E-state index in [9.17, 15) is 5.11 Å². The van der Waals surface area contributed by atoms with E-state index in [0.29, 0.717) is 6.04 Å². The van der Waals surface area contributed by atoms with Gasteiger partial charge in [0.1, 0.15) is 0 Å². The Morgan fingerprint density at radius 1 is 1.17 bits per heavy atom. The van der Waals surface area contributed by atoms with E-state index in [4.69, 9.17) is 14.4 Å². The van der Waals surface area contributed by atoms with Crippen molar-refractivity contribution in [1.29, 1.82) is 0 Å². The van der Waals surface area contributed by atoms with Crippen LogP contribution in [-0.2, 0) is 15.7 Å². The highest BCUT2D eigenvalue weighted by Gasteiger charge is 2.52. The van der Waals surface area contributed by atoms with E-state index in [1.807, 2.05) is 0 Å². The van der Waals surface area contributed by atoms with Crippen LogP contribution >= 0.6 is 0 Å². The summed E-state index contributed by atoms with van der Waals surface area (Å²) in [6.07, 6.45) is 6.50. The molecule has 0 unspecified atom stereocenters. The molecule has 2 aliphatic rings. The van der Waals surface area contributed by atoms with Crippen LogP contribution in [0, 0.1) is 0 Å². The molecule has 1 aromatic heterocycles. The molecule has 5 nitrogen and oxygen atoms in total. The van der Waals surface area contributed by atoms with Crippen LogP contribution < -0.4 is 5.46 Å². The van der Waals surface area contributed by atoms with Gasteiger partial charge in [-0.3, -0.25) is 4.68 Å². The highest BCUT2D eigenvalue weighted by molar-refractivity contribution is 6.62. The summed E-state index contributed by atoms with van der Waals surface area (Å²) >= 11 is 0. The second kappa shape index (κ2) is 5.90. The molecular formula is C17H29BN2O3. The van der Waals surface area contributed by atoms with Crippen LogP contribution in [0.4, 0.5) is 0 Å². The average Bonchev–Trinajstić information content (AvgIpc) is 2.99. The Morgan fingerprint density at radius 2 is 1.74 bits per heavy atom. The standard InChI is InChI=1S/C17H29BN2O3/c1-6-15-14(18-22-16(2,3)17(4,5)23-18)11-20(19-15)12-7-9-13(21)10-8-12/h11-13,21H,6-10H2,1-5H3/t12-,13-. The van der Waals surface area contributed by atoms with E-state index in [2.05, 4.69) is 45.5 Å². The van der Waals surface area contributed by atoms with Crippen molar-refractivity contribution >= 4 is 12.6 Å². The maximum absolute atomic E-state index is 9.70. The number of nitrogens with zero attached hydrogens (tertiary/aromatic N) is 2. The molecule has 0 amide bonds. The molecule has 2 fully saturated rings. The quantitative estimate of drug-likeness (QED) is 0.868. The molecule has 1 aromatic rings. The summed E-state index contributed by atoms with van der Waals surface area (Å²) in [5, 5.41) is 14.5. The first-order chi connectivity index (χ1) is 10.7. The Labute approximate surface area is 139 Å². The van der Waals surface area contributed by atoms with Gasteiger partial charge in [-0.1, -0.05) is 6.92 Å². The van der Waals surface area contributed by atoms with Gasteiger partial charge in [-0.2, -0.15) is 5.10 Å². The predicted molar refractivity (Wildman–Crippen MR) is 90.8 cm³/mol. The molecular weight excluding hydrogens is 291 g/mol. The Morgan fingerprint density at radius 3 is 2.26 bits per heavy atom. The molecule has 0 spiro atoms. The molecule has 128 valence electrons. The van der Waals surface area contributed by atoms with Gasteiger partial charge in [-0.25, -0.2) is 0 Å². The molecule has 1 saturated heterocycles. The summed E-state index contributed by atoms with van der Waals surface area (Å²) < 4.78 is 14.5. The number of aryl methyl sites for hydroxylation is 1. The fourth-order valence-corrected chi connectivity index (χ4v) is 3.39. The SMILES string of the molecule is CCc1nn([C@H]2CC[C@H](O)CC2)cc1B1OC(C)(C)C(C)(C)O1. The molecule has 0 radical (unpaired) electrons. The number of hydrogen-bond acceptors (Lipinski definition) is 4. The van der Waals surface area contributed by atoms with Crippen molar-refractivity contribution in [3.8, 4) is 0 Å². The van der Waals surface area contributed by atoms with Crippen LogP contribution in [0.15, 0.2) is 6.20 Å². The molecule has 1 aliphatic carbocycles. The number of rotatable bonds is 3. The van der Waals surface area contributed by atoms with E-state index < -0.39 is 0 Å². The average molecular weight is 320 g/mol. The molecule has 1 N–H and O–H groups in total. The number of aromatic nitrogens is 2. The summed E-state index contributed by atoms with van der Waals surface area (Å²) in [6, 6.07) is 0.375. The molecule has 23 heavy (non-hydrogen) atoms. The van der Waals surface area contributed by atoms with Gasteiger partial charge in [0, 0.05) is 11.7 Å². The van der Waals surface area contributed by atoms with Crippen molar-refractivity contribution in [3.63, 3.8) is 0 Å². The van der Waals surface area contributed by atoms with Crippen molar-refractivity contribution in [1.82, 2.24) is 9.78 Å². The van der Waals surface area contributed by atoms with Gasteiger partial charge in [-0.05, 0) is 59.8 Å². The minimum absolute atomic E-state index is 0.143. The fourth-order valence-electron chi connectivity index (χ4n) is 3.39. The lowest BCUT2D eigenvalue weighted by atomic mass is 9.79. The van der Waals surface area contributed by atoms with Crippen LogP contribution in [0.2, 0.25) is 0 Å². The summed E-state index contributed by atoms with van der Waals surface area (Å²) in [7, 11) is -0.349. The van der Waals surface area contributed by atoms with Crippen LogP contribution in [0.3, 0.4) is 0 Å². The van der Waals surface area contributed by atoms with Crippen molar-refractivity contribution < 1.29 is 14.4 Å². The normalized spacial score (nSPS) is 29.9. The Hall–Kier alpha value is -0.845. The smallest absolute Gasteiger partial charge is 0.399 e. The molecule has 2 heterocycles. The summed E-state index contributed by atoms with van der Waals surface area (Å²) in [5.41, 5.74) is 1.44.